The molecular weight excluding hydrogens is 595 g/mol. The zero-order valence-corrected chi connectivity index (χ0v) is 24.5. The van der Waals surface area contributed by atoms with Gasteiger partial charge in [-0.2, -0.15) is 0 Å². The van der Waals surface area contributed by atoms with Crippen molar-refractivity contribution in [3.8, 4) is 11.3 Å². The van der Waals surface area contributed by atoms with Gasteiger partial charge in [0, 0.05) is 46.0 Å². The number of thiophene rings is 1. The molecule has 0 atom stereocenters. The van der Waals surface area contributed by atoms with Gasteiger partial charge in [0.2, 0.25) is 5.95 Å². The van der Waals surface area contributed by atoms with E-state index < -0.39 is 10.0 Å². The number of fused-ring (bicyclic) bond motifs is 2. The summed E-state index contributed by atoms with van der Waals surface area (Å²) in [4.78, 5) is 26.9. The van der Waals surface area contributed by atoms with Crippen LogP contribution in [0.2, 0.25) is 0 Å². The number of anilines is 4. The second-order valence-corrected chi connectivity index (χ2v) is 12.6. The van der Waals surface area contributed by atoms with Crippen molar-refractivity contribution in [2.45, 2.75) is 4.90 Å². The summed E-state index contributed by atoms with van der Waals surface area (Å²) in [6.45, 7) is 0. The maximum atomic E-state index is 13.3. The molecule has 4 heterocycles. The highest BCUT2D eigenvalue weighted by molar-refractivity contribution is 7.90. The van der Waals surface area contributed by atoms with Crippen LogP contribution in [0.4, 0.5) is 23.0 Å². The van der Waals surface area contributed by atoms with Crippen LogP contribution in [0.25, 0.3) is 32.5 Å². The Hall–Kier alpha value is -5.59. The van der Waals surface area contributed by atoms with Crippen LogP contribution in [-0.4, -0.2) is 33.2 Å². The van der Waals surface area contributed by atoms with Crippen LogP contribution in [-0.2, 0) is 10.0 Å². The number of rotatable bonds is 7. The normalized spacial score (nSPS) is 11.5. The van der Waals surface area contributed by atoms with E-state index in [0.717, 1.165) is 15.8 Å². The fraction of sp³-hybridized carbons (Fsp3) is 0. The number of nitrogen functional groups attached to an aromatic ring is 1. The first-order valence-corrected chi connectivity index (χ1v) is 15.7. The number of carbonyl (C=O) groups is 1. The van der Waals surface area contributed by atoms with Crippen molar-refractivity contribution in [1.29, 1.82) is 0 Å². The standard InChI is InChI=1S/C32H23N7O3S2/c33-23-11-9-20(10-12-23)31(40)35-24-5-4-6-25(18-24)36-32-37-27-14-16-43-29(27)28(38-32)22-17-21-13-15-39(30(21)34-19-22)44(41,42)26-7-2-1-3-8-26/h1-19H,33H2,(H,35,40)(H,36,37,38). The van der Waals surface area contributed by atoms with Gasteiger partial charge < -0.3 is 16.4 Å². The van der Waals surface area contributed by atoms with E-state index >= 15 is 0 Å². The second kappa shape index (κ2) is 10.9. The molecule has 10 nitrogen and oxygen atoms in total. The maximum Gasteiger partial charge on any atom is 0.269 e. The van der Waals surface area contributed by atoms with Crippen molar-refractivity contribution in [3.05, 3.63) is 120 Å². The molecule has 3 aromatic carbocycles. The molecule has 216 valence electrons. The molecule has 0 saturated heterocycles. The van der Waals surface area contributed by atoms with Crippen molar-refractivity contribution in [3.63, 3.8) is 0 Å². The molecule has 7 aromatic rings. The van der Waals surface area contributed by atoms with Crippen molar-refractivity contribution < 1.29 is 13.2 Å². The van der Waals surface area contributed by atoms with E-state index in [4.69, 9.17) is 10.7 Å². The first kappa shape index (κ1) is 27.3. The van der Waals surface area contributed by atoms with E-state index in [1.165, 1.54) is 21.5 Å². The summed E-state index contributed by atoms with van der Waals surface area (Å²) >= 11 is 1.51. The predicted molar refractivity (Wildman–Crippen MR) is 174 cm³/mol. The van der Waals surface area contributed by atoms with Gasteiger partial charge in [0.25, 0.3) is 15.9 Å². The Morgan fingerprint density at radius 2 is 1.66 bits per heavy atom. The van der Waals surface area contributed by atoms with Crippen LogP contribution in [0.1, 0.15) is 10.4 Å². The Kier molecular flexibility index (Phi) is 6.76. The number of pyridine rings is 1. The van der Waals surface area contributed by atoms with E-state index in [-0.39, 0.29) is 10.8 Å². The summed E-state index contributed by atoms with van der Waals surface area (Å²) in [6.07, 6.45) is 3.13. The number of carbonyl (C=O) groups excluding carboxylic acids is 1. The zero-order chi connectivity index (χ0) is 30.3. The van der Waals surface area contributed by atoms with Gasteiger partial charge in [-0.3, -0.25) is 4.79 Å². The molecule has 7 rings (SSSR count). The third kappa shape index (κ3) is 5.12. The molecule has 0 fully saturated rings. The van der Waals surface area contributed by atoms with Gasteiger partial charge in [-0.05, 0) is 78.2 Å². The Morgan fingerprint density at radius 1 is 0.864 bits per heavy atom. The third-order valence-electron chi connectivity index (χ3n) is 6.92. The van der Waals surface area contributed by atoms with Crippen LogP contribution in [0.3, 0.4) is 0 Å². The van der Waals surface area contributed by atoms with Gasteiger partial charge in [0.1, 0.15) is 0 Å². The highest BCUT2D eigenvalue weighted by Crippen LogP contribution is 2.33. The minimum Gasteiger partial charge on any atom is -0.399 e. The first-order chi connectivity index (χ1) is 21.3. The Bertz CT molecular complexity index is 2280. The van der Waals surface area contributed by atoms with Gasteiger partial charge in [0.15, 0.2) is 5.65 Å². The molecule has 0 aliphatic heterocycles. The average molecular weight is 618 g/mol. The smallest absolute Gasteiger partial charge is 0.269 e. The molecule has 0 aliphatic carbocycles. The quantitative estimate of drug-likeness (QED) is 0.171. The minimum absolute atomic E-state index is 0.184. The molecule has 0 aliphatic rings. The average Bonchev–Trinajstić information content (AvgIpc) is 3.69. The molecule has 1 amide bonds. The summed E-state index contributed by atoms with van der Waals surface area (Å²) < 4.78 is 28.6. The number of amides is 1. The monoisotopic (exact) mass is 617 g/mol. The lowest BCUT2D eigenvalue weighted by molar-refractivity contribution is 0.102. The predicted octanol–water partition coefficient (Wildman–Crippen LogP) is 6.52. The summed E-state index contributed by atoms with van der Waals surface area (Å²) in [6, 6.07) is 27.7. The topological polar surface area (TPSA) is 145 Å². The first-order valence-electron chi connectivity index (χ1n) is 13.4. The lowest BCUT2D eigenvalue weighted by atomic mass is 10.1. The lowest BCUT2D eigenvalue weighted by Gasteiger charge is -2.11. The molecule has 12 heteroatoms. The van der Waals surface area contributed by atoms with Crippen molar-refractivity contribution >= 4 is 71.5 Å². The van der Waals surface area contributed by atoms with Gasteiger partial charge >= 0.3 is 0 Å². The summed E-state index contributed by atoms with van der Waals surface area (Å²) in [5.41, 5.74) is 10.5. The van der Waals surface area contributed by atoms with Crippen LogP contribution in [0, 0.1) is 0 Å². The zero-order valence-electron chi connectivity index (χ0n) is 22.9. The van der Waals surface area contributed by atoms with Crippen LogP contribution >= 0.6 is 11.3 Å². The Labute approximate surface area is 255 Å². The molecule has 0 spiro atoms. The fourth-order valence-electron chi connectivity index (χ4n) is 4.79. The van der Waals surface area contributed by atoms with Gasteiger partial charge in [-0.15, -0.1) is 11.3 Å². The molecule has 44 heavy (non-hydrogen) atoms. The summed E-state index contributed by atoms with van der Waals surface area (Å²) in [7, 11) is -3.81. The molecule has 0 radical (unpaired) electrons. The fourth-order valence-corrected chi connectivity index (χ4v) is 6.96. The minimum atomic E-state index is -3.81. The van der Waals surface area contributed by atoms with Gasteiger partial charge in [-0.25, -0.2) is 27.3 Å². The maximum absolute atomic E-state index is 13.3. The van der Waals surface area contributed by atoms with Crippen LogP contribution in [0.15, 0.2) is 120 Å². The van der Waals surface area contributed by atoms with Gasteiger partial charge in [-0.1, -0.05) is 24.3 Å². The van der Waals surface area contributed by atoms with E-state index in [1.54, 1.807) is 79.0 Å². The van der Waals surface area contributed by atoms with E-state index in [1.807, 2.05) is 29.6 Å². The Balaban J connectivity index is 1.19. The van der Waals surface area contributed by atoms with E-state index in [9.17, 15) is 13.2 Å². The molecule has 0 bridgehead atoms. The Morgan fingerprint density at radius 3 is 2.48 bits per heavy atom. The molecule has 4 N–H and O–H groups in total. The number of hydrogen-bond acceptors (Lipinski definition) is 9. The van der Waals surface area contributed by atoms with Gasteiger partial charge in [0.05, 0.1) is 20.8 Å². The number of nitrogens with one attached hydrogen (secondary N) is 2. The second-order valence-electron chi connectivity index (χ2n) is 9.88. The summed E-state index contributed by atoms with van der Waals surface area (Å²) in [5, 5.41) is 8.74. The number of hydrogen-bond donors (Lipinski definition) is 3. The highest BCUT2D eigenvalue weighted by Gasteiger charge is 2.20. The largest absolute Gasteiger partial charge is 0.399 e. The number of aromatic nitrogens is 4. The van der Waals surface area contributed by atoms with Crippen molar-refractivity contribution in [1.82, 2.24) is 18.9 Å². The third-order valence-corrected chi connectivity index (χ3v) is 9.51. The summed E-state index contributed by atoms with van der Waals surface area (Å²) in [5.74, 6) is 0.103. The SMILES string of the molecule is Nc1ccc(C(=O)Nc2cccc(Nc3nc(-c4cnc5c(ccn5S(=O)(=O)c5ccccc5)c4)c4sccc4n3)c2)cc1. The van der Waals surface area contributed by atoms with E-state index in [0.29, 0.717) is 45.3 Å². The number of nitrogens with two attached hydrogens (primary N) is 1. The van der Waals surface area contributed by atoms with Crippen molar-refractivity contribution in [2.24, 2.45) is 0 Å². The van der Waals surface area contributed by atoms with Crippen molar-refractivity contribution in [2.75, 3.05) is 16.4 Å². The molecule has 4 aromatic heterocycles. The van der Waals surface area contributed by atoms with E-state index in [2.05, 4.69) is 20.6 Å². The molecule has 0 saturated carbocycles. The number of benzene rings is 3. The molecular formula is C32H23N7O3S2. The number of nitrogens with zero attached hydrogens (tertiary/aromatic N) is 4. The highest BCUT2D eigenvalue weighted by atomic mass is 32.2. The molecule has 0 unspecified atom stereocenters. The lowest BCUT2D eigenvalue weighted by Crippen LogP contribution is -2.12. The van der Waals surface area contributed by atoms with Crippen LogP contribution < -0.4 is 16.4 Å². The van der Waals surface area contributed by atoms with Crippen LogP contribution in [0.5, 0.6) is 0 Å².